The van der Waals surface area contributed by atoms with Gasteiger partial charge in [-0.1, -0.05) is 30.3 Å². The van der Waals surface area contributed by atoms with E-state index in [4.69, 9.17) is 0 Å². The third kappa shape index (κ3) is 1.84. The Labute approximate surface area is 104 Å². The van der Waals surface area contributed by atoms with Gasteiger partial charge in [0.2, 0.25) is 0 Å². The number of benzene rings is 2. The number of nitrogens with one attached hydrogen (secondary N) is 1. The van der Waals surface area contributed by atoms with Crippen molar-refractivity contribution in [1.29, 1.82) is 0 Å². The van der Waals surface area contributed by atoms with Gasteiger partial charge in [0, 0.05) is 5.56 Å². The molecule has 1 N–H and O–H groups in total. The van der Waals surface area contributed by atoms with Crippen LogP contribution in [0.15, 0.2) is 60.9 Å². The molecule has 0 aliphatic carbocycles. The molecule has 2 aromatic carbocycles. The second kappa shape index (κ2) is 4.33. The fraction of sp³-hybridized carbons (Fsp3) is 0. The Bertz CT molecular complexity index is 688. The van der Waals surface area contributed by atoms with Crippen molar-refractivity contribution in [3.05, 3.63) is 66.5 Å². The SMILES string of the molecule is O=C(Nn1cnc2ccccc21)c1ccccc1. The average Bonchev–Trinajstić information content (AvgIpc) is 2.83. The van der Waals surface area contributed by atoms with Crippen molar-refractivity contribution >= 4 is 16.9 Å². The first-order valence-electron chi connectivity index (χ1n) is 5.63. The molecule has 18 heavy (non-hydrogen) atoms. The van der Waals surface area contributed by atoms with Crippen LogP contribution in [-0.2, 0) is 0 Å². The molecule has 1 heterocycles. The highest BCUT2D eigenvalue weighted by Crippen LogP contribution is 2.10. The van der Waals surface area contributed by atoms with Gasteiger partial charge < -0.3 is 0 Å². The van der Waals surface area contributed by atoms with Gasteiger partial charge in [0.1, 0.15) is 6.33 Å². The van der Waals surface area contributed by atoms with Crippen LogP contribution in [0, 0.1) is 0 Å². The zero-order valence-corrected chi connectivity index (χ0v) is 9.58. The first-order valence-corrected chi connectivity index (χ1v) is 5.63. The van der Waals surface area contributed by atoms with E-state index in [2.05, 4.69) is 10.4 Å². The molecule has 0 saturated carbocycles. The third-order valence-corrected chi connectivity index (χ3v) is 2.71. The normalized spacial score (nSPS) is 10.4. The summed E-state index contributed by atoms with van der Waals surface area (Å²) in [6, 6.07) is 16.7. The highest BCUT2D eigenvalue weighted by molar-refractivity contribution is 6.00. The molecule has 3 aromatic rings. The van der Waals surface area contributed by atoms with Crippen molar-refractivity contribution in [2.45, 2.75) is 0 Å². The van der Waals surface area contributed by atoms with Crippen molar-refractivity contribution in [3.8, 4) is 0 Å². The van der Waals surface area contributed by atoms with Gasteiger partial charge >= 0.3 is 0 Å². The summed E-state index contributed by atoms with van der Waals surface area (Å²) in [6.45, 7) is 0. The van der Waals surface area contributed by atoms with E-state index in [1.54, 1.807) is 23.1 Å². The first-order chi connectivity index (χ1) is 8.84. The molecule has 0 unspecified atom stereocenters. The minimum Gasteiger partial charge on any atom is -0.267 e. The third-order valence-electron chi connectivity index (χ3n) is 2.71. The van der Waals surface area contributed by atoms with E-state index in [-0.39, 0.29) is 5.91 Å². The van der Waals surface area contributed by atoms with Gasteiger partial charge in [-0.2, -0.15) is 0 Å². The van der Waals surface area contributed by atoms with Crippen LogP contribution in [0.5, 0.6) is 0 Å². The number of amides is 1. The molecule has 88 valence electrons. The molecule has 0 radical (unpaired) electrons. The lowest BCUT2D eigenvalue weighted by atomic mass is 10.2. The van der Waals surface area contributed by atoms with Gasteiger partial charge in [-0.3, -0.25) is 10.2 Å². The lowest BCUT2D eigenvalue weighted by molar-refractivity contribution is 0.101. The molecule has 4 nitrogen and oxygen atoms in total. The van der Waals surface area contributed by atoms with Crippen molar-refractivity contribution in [2.24, 2.45) is 0 Å². The minimum absolute atomic E-state index is 0.154. The fourth-order valence-electron chi connectivity index (χ4n) is 1.81. The van der Waals surface area contributed by atoms with Crippen LogP contribution >= 0.6 is 0 Å². The molecule has 4 heteroatoms. The number of nitrogens with zero attached hydrogens (tertiary/aromatic N) is 2. The number of hydrogen-bond acceptors (Lipinski definition) is 2. The minimum atomic E-state index is -0.154. The summed E-state index contributed by atoms with van der Waals surface area (Å²) in [5.74, 6) is -0.154. The number of fused-ring (bicyclic) bond motifs is 1. The van der Waals surface area contributed by atoms with E-state index in [1.807, 2.05) is 42.5 Å². The molecule has 0 spiro atoms. The Morgan fingerprint density at radius 1 is 1.00 bits per heavy atom. The smallest absolute Gasteiger partial charge is 0.267 e. The van der Waals surface area contributed by atoms with E-state index < -0.39 is 0 Å². The maximum absolute atomic E-state index is 12.0. The Morgan fingerprint density at radius 2 is 1.72 bits per heavy atom. The van der Waals surface area contributed by atoms with E-state index in [9.17, 15) is 4.79 Å². The van der Waals surface area contributed by atoms with E-state index in [0.29, 0.717) is 5.56 Å². The molecule has 3 rings (SSSR count). The molecule has 1 amide bonds. The topological polar surface area (TPSA) is 46.9 Å². The summed E-state index contributed by atoms with van der Waals surface area (Å²) >= 11 is 0. The summed E-state index contributed by atoms with van der Waals surface area (Å²) in [5, 5.41) is 0. The summed E-state index contributed by atoms with van der Waals surface area (Å²) in [6.07, 6.45) is 1.60. The highest BCUT2D eigenvalue weighted by atomic mass is 16.2. The van der Waals surface area contributed by atoms with Gasteiger partial charge in [-0.25, -0.2) is 9.66 Å². The number of carbonyl (C=O) groups excluding carboxylic acids is 1. The Balaban J connectivity index is 1.91. The van der Waals surface area contributed by atoms with Crippen LogP contribution in [0.1, 0.15) is 10.4 Å². The Kier molecular flexibility index (Phi) is 2.53. The molecule has 0 fully saturated rings. The summed E-state index contributed by atoms with van der Waals surface area (Å²) in [4.78, 5) is 16.2. The number of hydrogen-bond donors (Lipinski definition) is 1. The van der Waals surface area contributed by atoms with Crippen LogP contribution in [-0.4, -0.2) is 15.6 Å². The average molecular weight is 237 g/mol. The fourth-order valence-corrected chi connectivity index (χ4v) is 1.81. The second-order valence-electron chi connectivity index (χ2n) is 3.91. The lowest BCUT2D eigenvalue weighted by Crippen LogP contribution is -2.21. The first kappa shape index (κ1) is 10.5. The van der Waals surface area contributed by atoms with Crippen LogP contribution < -0.4 is 5.43 Å². The molecular formula is C14H11N3O. The van der Waals surface area contributed by atoms with Gasteiger partial charge in [-0.15, -0.1) is 0 Å². The molecule has 0 saturated heterocycles. The maximum atomic E-state index is 12.0. The molecule has 1 aromatic heterocycles. The number of aromatic nitrogens is 2. The second-order valence-corrected chi connectivity index (χ2v) is 3.91. The maximum Gasteiger partial charge on any atom is 0.270 e. The van der Waals surface area contributed by atoms with Gasteiger partial charge in [0.25, 0.3) is 5.91 Å². The van der Waals surface area contributed by atoms with Crippen LogP contribution in [0.3, 0.4) is 0 Å². The van der Waals surface area contributed by atoms with Crippen molar-refractivity contribution < 1.29 is 4.79 Å². The van der Waals surface area contributed by atoms with Crippen molar-refractivity contribution in [2.75, 3.05) is 5.43 Å². The molecule has 0 bridgehead atoms. The predicted molar refractivity (Wildman–Crippen MR) is 69.9 cm³/mol. The molecular weight excluding hydrogens is 226 g/mol. The van der Waals surface area contributed by atoms with Gasteiger partial charge in [0.05, 0.1) is 11.0 Å². The van der Waals surface area contributed by atoms with Crippen LogP contribution in [0.4, 0.5) is 0 Å². The molecule has 0 aliphatic heterocycles. The summed E-state index contributed by atoms with van der Waals surface area (Å²) in [5.41, 5.74) is 5.15. The van der Waals surface area contributed by atoms with Crippen molar-refractivity contribution in [1.82, 2.24) is 9.66 Å². The van der Waals surface area contributed by atoms with Gasteiger partial charge in [-0.05, 0) is 24.3 Å². The zero-order valence-electron chi connectivity index (χ0n) is 9.58. The summed E-state index contributed by atoms with van der Waals surface area (Å²) in [7, 11) is 0. The predicted octanol–water partition coefficient (Wildman–Crippen LogP) is 2.42. The Hall–Kier alpha value is -2.62. The van der Waals surface area contributed by atoms with Crippen LogP contribution in [0.2, 0.25) is 0 Å². The van der Waals surface area contributed by atoms with E-state index in [0.717, 1.165) is 11.0 Å². The number of imidazole rings is 1. The standard InChI is InChI=1S/C14H11N3O/c18-14(11-6-2-1-3-7-11)16-17-10-15-12-8-4-5-9-13(12)17/h1-10H,(H,16,18). The summed E-state index contributed by atoms with van der Waals surface area (Å²) < 4.78 is 1.63. The largest absolute Gasteiger partial charge is 0.270 e. The lowest BCUT2D eigenvalue weighted by Gasteiger charge is -2.06. The quantitative estimate of drug-likeness (QED) is 0.744. The Morgan fingerprint density at radius 3 is 2.56 bits per heavy atom. The van der Waals surface area contributed by atoms with Crippen molar-refractivity contribution in [3.63, 3.8) is 0 Å². The molecule has 0 atom stereocenters. The number of carbonyl (C=O) groups is 1. The van der Waals surface area contributed by atoms with Crippen LogP contribution in [0.25, 0.3) is 11.0 Å². The highest BCUT2D eigenvalue weighted by Gasteiger charge is 2.07. The van der Waals surface area contributed by atoms with Gasteiger partial charge in [0.15, 0.2) is 0 Å². The monoisotopic (exact) mass is 237 g/mol. The zero-order chi connectivity index (χ0) is 12.4. The number of rotatable bonds is 2. The number of para-hydroxylation sites is 2. The molecule has 0 aliphatic rings. The van der Waals surface area contributed by atoms with E-state index in [1.165, 1.54) is 0 Å². The van der Waals surface area contributed by atoms with E-state index >= 15 is 0 Å².